The van der Waals surface area contributed by atoms with Gasteiger partial charge in [-0.15, -0.1) is 0 Å². The van der Waals surface area contributed by atoms with Crippen LogP contribution in [-0.2, 0) is 4.79 Å². The van der Waals surface area contributed by atoms with E-state index in [-0.39, 0.29) is 12.1 Å². The summed E-state index contributed by atoms with van der Waals surface area (Å²) in [6.07, 6.45) is 3.98. The minimum Gasteiger partial charge on any atom is -0.271 e. The van der Waals surface area contributed by atoms with Crippen LogP contribution >= 0.6 is 23.6 Å². The predicted molar refractivity (Wildman–Crippen MR) is 62.4 cm³/mol. The molecule has 0 aromatic rings. The van der Waals surface area contributed by atoms with Crippen molar-refractivity contribution in [3.05, 3.63) is 0 Å². The summed E-state index contributed by atoms with van der Waals surface area (Å²) in [5.41, 5.74) is -0.694. The largest absolute Gasteiger partial charge is 0.271 e. The summed E-state index contributed by atoms with van der Waals surface area (Å²) in [6.45, 7) is 5.72. The van der Waals surface area contributed by atoms with Crippen LogP contribution in [-0.4, -0.2) is 26.4 Å². The molecule has 0 aromatic carbocycles. The molecule has 0 bridgehead atoms. The number of carbonyl (C=O) groups is 1. The maximum absolute atomic E-state index is 11.7. The molecule has 15 heavy (non-hydrogen) atoms. The zero-order chi connectivity index (χ0) is 11.6. The predicted octanol–water partition coefficient (Wildman–Crippen LogP) is 3.12. The van der Waals surface area contributed by atoms with Crippen LogP contribution in [0.15, 0.2) is 0 Å². The van der Waals surface area contributed by atoms with Crippen molar-refractivity contribution >= 4 is 29.5 Å². The van der Waals surface area contributed by atoms with E-state index < -0.39 is 5.54 Å². The maximum Gasteiger partial charge on any atom is 0.259 e. The maximum atomic E-state index is 11.7. The molecule has 0 spiro atoms. The molecule has 1 heterocycles. The van der Waals surface area contributed by atoms with Crippen LogP contribution in [0.25, 0.3) is 0 Å². The number of amides is 1. The molecule has 1 fully saturated rings. The van der Waals surface area contributed by atoms with E-state index in [0.29, 0.717) is 0 Å². The van der Waals surface area contributed by atoms with E-state index in [1.54, 1.807) is 13.8 Å². The molecule has 0 radical (unpaired) electrons. The van der Waals surface area contributed by atoms with Gasteiger partial charge in [-0.3, -0.25) is 4.79 Å². The van der Waals surface area contributed by atoms with Gasteiger partial charge < -0.3 is 0 Å². The molecule has 5 heteroatoms. The van der Waals surface area contributed by atoms with Crippen LogP contribution < -0.4 is 0 Å². The van der Waals surface area contributed by atoms with E-state index in [1.165, 1.54) is 8.84 Å². The summed E-state index contributed by atoms with van der Waals surface area (Å²) in [4.78, 5) is 11.7. The second-order valence-corrected chi connectivity index (χ2v) is 5.19. The molecular weight excluding hydrogens is 235 g/mol. The third-order valence-corrected chi connectivity index (χ3v) is 3.87. The van der Waals surface area contributed by atoms with E-state index >= 15 is 0 Å². The summed E-state index contributed by atoms with van der Waals surface area (Å²) in [6, 6.07) is 0. The lowest BCUT2D eigenvalue weighted by molar-refractivity contribution is -0.128. The van der Waals surface area contributed by atoms with Gasteiger partial charge in [0.05, 0.1) is 0 Å². The summed E-state index contributed by atoms with van der Waals surface area (Å²) in [5.74, 6) is -0.124. The van der Waals surface area contributed by atoms with Gasteiger partial charge >= 0.3 is 0 Å². The quantitative estimate of drug-likeness (QED) is 0.567. The smallest absolute Gasteiger partial charge is 0.259 e. The van der Waals surface area contributed by atoms with E-state index in [1.807, 2.05) is 0 Å². The van der Waals surface area contributed by atoms with Gasteiger partial charge in [-0.05, 0) is 38.5 Å². The van der Waals surface area contributed by atoms with Crippen LogP contribution in [0, 0.1) is 0 Å². The van der Waals surface area contributed by atoms with Gasteiger partial charge in [0.1, 0.15) is 11.7 Å². The third kappa shape index (κ3) is 2.40. The van der Waals surface area contributed by atoms with Gasteiger partial charge in [0.2, 0.25) is 0 Å². The second-order valence-electron chi connectivity index (χ2n) is 4.46. The Morgan fingerprint density at radius 1 is 1.33 bits per heavy atom. The molecule has 88 valence electrons. The lowest BCUT2D eigenvalue weighted by Gasteiger charge is -2.25. The van der Waals surface area contributed by atoms with Crippen LogP contribution in [0.2, 0.25) is 0 Å². The summed E-state index contributed by atoms with van der Waals surface area (Å²) in [5, 5.41) is 0. The first-order valence-corrected chi connectivity index (χ1v) is 6.05. The monoisotopic (exact) mass is 252 g/mol. The summed E-state index contributed by atoms with van der Waals surface area (Å²) < 4.78 is 2.78. The normalized spacial score (nSPS) is 26.3. The SMILES string of the molecule is CCCCCC1N(Cl)C(=O)C(C)(C)N1Cl. The molecule has 0 aliphatic carbocycles. The zero-order valence-corrected chi connectivity index (χ0v) is 11.0. The molecule has 1 atom stereocenters. The van der Waals surface area contributed by atoms with Crippen molar-refractivity contribution in [3.8, 4) is 0 Å². The van der Waals surface area contributed by atoms with Crippen LogP contribution in [0.4, 0.5) is 0 Å². The van der Waals surface area contributed by atoms with Crippen molar-refractivity contribution in [2.45, 2.75) is 58.2 Å². The number of halogens is 2. The average Bonchev–Trinajstić information content (AvgIpc) is 2.33. The Morgan fingerprint density at radius 3 is 2.33 bits per heavy atom. The first-order chi connectivity index (χ1) is 6.92. The fourth-order valence-electron chi connectivity index (χ4n) is 1.75. The molecule has 1 saturated heterocycles. The Kier molecular flexibility index (Phi) is 4.27. The molecule has 1 unspecified atom stereocenters. The van der Waals surface area contributed by atoms with Gasteiger partial charge in [0.15, 0.2) is 0 Å². The second kappa shape index (κ2) is 4.89. The molecule has 0 saturated carbocycles. The van der Waals surface area contributed by atoms with Crippen molar-refractivity contribution < 1.29 is 4.79 Å². The lowest BCUT2D eigenvalue weighted by Crippen LogP contribution is -2.39. The molecule has 0 N–H and O–H groups in total. The molecule has 0 aromatic heterocycles. The van der Waals surface area contributed by atoms with Gasteiger partial charge in [-0.25, -0.2) is 4.42 Å². The topological polar surface area (TPSA) is 23.6 Å². The van der Waals surface area contributed by atoms with Crippen molar-refractivity contribution in [3.63, 3.8) is 0 Å². The Bertz CT molecular complexity index is 246. The summed E-state index contributed by atoms with van der Waals surface area (Å²) >= 11 is 12.1. The molecule has 1 aliphatic heterocycles. The molecule has 3 nitrogen and oxygen atoms in total. The number of nitrogens with zero attached hydrogens (tertiary/aromatic N) is 2. The van der Waals surface area contributed by atoms with E-state index in [4.69, 9.17) is 23.6 Å². The fraction of sp³-hybridized carbons (Fsp3) is 0.900. The van der Waals surface area contributed by atoms with Crippen molar-refractivity contribution in [1.82, 2.24) is 8.84 Å². The fourth-order valence-corrected chi connectivity index (χ4v) is 2.45. The number of carbonyl (C=O) groups excluding carboxylic acids is 1. The van der Waals surface area contributed by atoms with Gasteiger partial charge in [0, 0.05) is 11.8 Å². The first kappa shape index (κ1) is 13.1. The Balaban J connectivity index is 2.62. The zero-order valence-electron chi connectivity index (χ0n) is 9.46. The molecule has 1 rings (SSSR count). The molecule has 1 amide bonds. The van der Waals surface area contributed by atoms with Crippen molar-refractivity contribution in [1.29, 1.82) is 0 Å². The molecule has 1 aliphatic rings. The lowest BCUT2D eigenvalue weighted by atomic mass is 10.1. The number of unbranched alkanes of at least 4 members (excludes halogenated alkanes) is 2. The van der Waals surface area contributed by atoms with Gasteiger partial charge in [-0.2, -0.15) is 4.42 Å². The highest BCUT2D eigenvalue weighted by Gasteiger charge is 2.50. The Morgan fingerprint density at radius 2 is 1.93 bits per heavy atom. The van der Waals surface area contributed by atoms with E-state index in [0.717, 1.165) is 25.7 Å². The van der Waals surface area contributed by atoms with Gasteiger partial charge in [-0.1, -0.05) is 19.8 Å². The highest BCUT2D eigenvalue weighted by molar-refractivity contribution is 6.26. The van der Waals surface area contributed by atoms with Crippen molar-refractivity contribution in [2.75, 3.05) is 0 Å². The minimum atomic E-state index is -0.694. The average molecular weight is 253 g/mol. The van der Waals surface area contributed by atoms with E-state index in [9.17, 15) is 4.79 Å². The van der Waals surface area contributed by atoms with E-state index in [2.05, 4.69) is 6.92 Å². The van der Waals surface area contributed by atoms with Gasteiger partial charge in [0.25, 0.3) is 5.91 Å². The van der Waals surface area contributed by atoms with Crippen LogP contribution in [0.3, 0.4) is 0 Å². The number of hydrogen-bond acceptors (Lipinski definition) is 2. The minimum absolute atomic E-state index is 0.124. The van der Waals surface area contributed by atoms with Crippen LogP contribution in [0.1, 0.15) is 46.5 Å². The third-order valence-electron chi connectivity index (χ3n) is 2.84. The Hall–Kier alpha value is 0.01000. The number of hydrogen-bond donors (Lipinski definition) is 0. The first-order valence-electron chi connectivity index (χ1n) is 5.37. The molecular formula is C10H18Cl2N2O. The number of rotatable bonds is 4. The highest BCUT2D eigenvalue weighted by atomic mass is 35.5. The summed E-state index contributed by atoms with van der Waals surface area (Å²) in [7, 11) is 0. The van der Waals surface area contributed by atoms with Crippen molar-refractivity contribution in [2.24, 2.45) is 0 Å². The highest BCUT2D eigenvalue weighted by Crippen LogP contribution is 2.36. The van der Waals surface area contributed by atoms with Crippen LogP contribution in [0.5, 0.6) is 0 Å². The Labute approximate surface area is 102 Å². The standard InChI is InChI=1S/C10H18Cl2N2O/c1-4-5-6-7-8-13(11)9(15)10(2,3)14(8)12/h8H,4-7H2,1-3H3.